The average Bonchev–Trinajstić information content (AvgIpc) is 3.16. The summed E-state index contributed by atoms with van der Waals surface area (Å²) < 4.78 is 5.69. The monoisotopic (exact) mass is 291 g/mol. The first-order valence-electron chi connectivity index (χ1n) is 8.01. The minimum absolute atomic E-state index is 0.338. The Labute approximate surface area is 128 Å². The van der Waals surface area contributed by atoms with Crippen molar-refractivity contribution in [2.75, 3.05) is 19.7 Å². The van der Waals surface area contributed by atoms with E-state index in [-0.39, 0.29) is 0 Å². The maximum absolute atomic E-state index is 10.0. The molecule has 1 aromatic rings. The second-order valence-corrected chi connectivity index (χ2v) is 6.94. The molecule has 21 heavy (non-hydrogen) atoms. The van der Waals surface area contributed by atoms with Crippen molar-refractivity contribution in [1.82, 2.24) is 5.32 Å². The molecule has 118 valence electrons. The summed E-state index contributed by atoms with van der Waals surface area (Å²) in [4.78, 5) is 0. The molecule has 1 fully saturated rings. The van der Waals surface area contributed by atoms with Gasteiger partial charge in [0.1, 0.15) is 18.5 Å². The van der Waals surface area contributed by atoms with Gasteiger partial charge in [-0.3, -0.25) is 0 Å². The summed E-state index contributed by atoms with van der Waals surface area (Å²) in [7, 11) is 0. The first-order valence-corrected chi connectivity index (χ1v) is 8.01. The summed E-state index contributed by atoms with van der Waals surface area (Å²) in [6, 6.07) is 6.13. The van der Waals surface area contributed by atoms with Crippen molar-refractivity contribution < 1.29 is 9.84 Å². The standard InChI is InChI=1S/C18H29NO2/c1-13(2)18(5-6-18)12-19-10-16(20)11-21-17-8-14(3)7-15(4)9-17/h7-9,13,16,19-20H,5-6,10-12H2,1-4H3. The zero-order valence-electron chi connectivity index (χ0n) is 13.8. The van der Waals surface area contributed by atoms with Crippen LogP contribution in [0.2, 0.25) is 0 Å². The zero-order valence-corrected chi connectivity index (χ0v) is 13.8. The van der Waals surface area contributed by atoms with Crippen molar-refractivity contribution in [2.45, 2.75) is 46.6 Å². The number of ether oxygens (including phenoxy) is 1. The smallest absolute Gasteiger partial charge is 0.119 e. The van der Waals surface area contributed by atoms with Crippen molar-refractivity contribution in [1.29, 1.82) is 0 Å². The van der Waals surface area contributed by atoms with Crippen LogP contribution in [0.25, 0.3) is 0 Å². The van der Waals surface area contributed by atoms with E-state index in [2.05, 4.69) is 39.1 Å². The van der Waals surface area contributed by atoms with Crippen molar-refractivity contribution in [3.8, 4) is 5.75 Å². The lowest BCUT2D eigenvalue weighted by Gasteiger charge is -2.21. The van der Waals surface area contributed by atoms with Gasteiger partial charge < -0.3 is 15.2 Å². The third-order valence-corrected chi connectivity index (χ3v) is 4.61. The summed E-state index contributed by atoms with van der Waals surface area (Å²) in [6.07, 6.45) is 2.16. The summed E-state index contributed by atoms with van der Waals surface area (Å²) in [5, 5.41) is 13.4. The van der Waals surface area contributed by atoms with E-state index < -0.39 is 6.10 Å². The summed E-state index contributed by atoms with van der Waals surface area (Å²) in [5.41, 5.74) is 2.85. The Bertz CT molecular complexity index is 446. The Hall–Kier alpha value is -1.06. The summed E-state index contributed by atoms with van der Waals surface area (Å²) in [5.74, 6) is 1.56. The molecular weight excluding hydrogens is 262 g/mol. The Kier molecular flexibility index (Phi) is 5.28. The fraction of sp³-hybridized carbons (Fsp3) is 0.667. The van der Waals surface area contributed by atoms with E-state index in [1.807, 2.05) is 12.1 Å². The SMILES string of the molecule is Cc1cc(C)cc(OCC(O)CNCC2(C(C)C)CC2)c1. The predicted octanol–water partition coefficient (Wildman–Crippen LogP) is 3.07. The highest BCUT2D eigenvalue weighted by molar-refractivity contribution is 5.32. The Morgan fingerprint density at radius 1 is 1.19 bits per heavy atom. The Balaban J connectivity index is 1.69. The highest BCUT2D eigenvalue weighted by Gasteiger charge is 2.44. The predicted molar refractivity (Wildman–Crippen MR) is 86.8 cm³/mol. The van der Waals surface area contributed by atoms with Gasteiger partial charge in [-0.05, 0) is 61.3 Å². The van der Waals surface area contributed by atoms with E-state index in [0.717, 1.165) is 12.3 Å². The quantitative estimate of drug-likeness (QED) is 0.773. The van der Waals surface area contributed by atoms with Crippen LogP contribution in [0.1, 0.15) is 37.8 Å². The molecule has 0 aliphatic heterocycles. The van der Waals surface area contributed by atoms with Crippen LogP contribution in [0, 0.1) is 25.2 Å². The lowest BCUT2D eigenvalue weighted by atomic mass is 9.92. The van der Waals surface area contributed by atoms with Crippen molar-refractivity contribution in [3.63, 3.8) is 0 Å². The van der Waals surface area contributed by atoms with Gasteiger partial charge in [-0.2, -0.15) is 0 Å². The molecule has 3 nitrogen and oxygen atoms in total. The maximum atomic E-state index is 10.0. The van der Waals surface area contributed by atoms with Gasteiger partial charge in [0.15, 0.2) is 0 Å². The van der Waals surface area contributed by atoms with Gasteiger partial charge in [0.2, 0.25) is 0 Å². The molecule has 1 aromatic carbocycles. The fourth-order valence-corrected chi connectivity index (χ4v) is 2.87. The van der Waals surface area contributed by atoms with Gasteiger partial charge in [0.05, 0.1) is 0 Å². The van der Waals surface area contributed by atoms with Crippen molar-refractivity contribution in [3.05, 3.63) is 29.3 Å². The molecule has 1 aliphatic rings. The number of nitrogens with one attached hydrogen (secondary N) is 1. The van der Waals surface area contributed by atoms with Gasteiger partial charge in [-0.15, -0.1) is 0 Å². The molecule has 1 saturated carbocycles. The molecule has 0 saturated heterocycles. The molecule has 0 aromatic heterocycles. The van der Waals surface area contributed by atoms with E-state index in [4.69, 9.17) is 4.74 Å². The first-order chi connectivity index (χ1) is 9.91. The van der Waals surface area contributed by atoms with Gasteiger partial charge in [0.25, 0.3) is 0 Å². The fourth-order valence-electron chi connectivity index (χ4n) is 2.87. The van der Waals surface area contributed by atoms with Crippen molar-refractivity contribution in [2.24, 2.45) is 11.3 Å². The molecule has 0 amide bonds. The van der Waals surface area contributed by atoms with Gasteiger partial charge in [0, 0.05) is 13.1 Å². The number of aliphatic hydroxyl groups excluding tert-OH is 1. The van der Waals surface area contributed by atoms with Crippen LogP contribution in [0.15, 0.2) is 18.2 Å². The molecule has 0 spiro atoms. The minimum atomic E-state index is -0.464. The van der Waals surface area contributed by atoms with Gasteiger partial charge >= 0.3 is 0 Å². The number of hydrogen-bond acceptors (Lipinski definition) is 3. The van der Waals surface area contributed by atoms with E-state index in [1.54, 1.807) is 0 Å². The van der Waals surface area contributed by atoms with Crippen LogP contribution in [-0.4, -0.2) is 30.9 Å². The molecule has 2 rings (SSSR count). The summed E-state index contributed by atoms with van der Waals surface area (Å²) in [6.45, 7) is 10.6. The number of aliphatic hydroxyl groups is 1. The topological polar surface area (TPSA) is 41.5 Å². The van der Waals surface area contributed by atoms with Crippen LogP contribution in [-0.2, 0) is 0 Å². The first kappa shape index (κ1) is 16.3. The Morgan fingerprint density at radius 2 is 1.81 bits per heavy atom. The van der Waals surface area contributed by atoms with E-state index in [0.29, 0.717) is 24.5 Å². The van der Waals surface area contributed by atoms with Crippen LogP contribution in [0.3, 0.4) is 0 Å². The molecule has 1 unspecified atom stereocenters. The molecule has 3 heteroatoms. The van der Waals surface area contributed by atoms with E-state index in [1.165, 1.54) is 24.0 Å². The molecule has 0 bridgehead atoms. The largest absolute Gasteiger partial charge is 0.491 e. The number of benzene rings is 1. The number of hydrogen-bond donors (Lipinski definition) is 2. The van der Waals surface area contributed by atoms with Gasteiger partial charge in [-0.25, -0.2) is 0 Å². The maximum Gasteiger partial charge on any atom is 0.119 e. The molecule has 2 N–H and O–H groups in total. The Morgan fingerprint density at radius 3 is 2.33 bits per heavy atom. The molecule has 0 heterocycles. The van der Waals surface area contributed by atoms with Crippen LogP contribution >= 0.6 is 0 Å². The van der Waals surface area contributed by atoms with E-state index in [9.17, 15) is 5.11 Å². The zero-order chi connectivity index (χ0) is 15.5. The minimum Gasteiger partial charge on any atom is -0.491 e. The molecule has 1 atom stereocenters. The number of aryl methyl sites for hydroxylation is 2. The van der Waals surface area contributed by atoms with Crippen LogP contribution < -0.4 is 10.1 Å². The van der Waals surface area contributed by atoms with Crippen LogP contribution in [0.4, 0.5) is 0 Å². The third kappa shape index (κ3) is 4.72. The second kappa shape index (κ2) is 6.80. The van der Waals surface area contributed by atoms with E-state index >= 15 is 0 Å². The molecular formula is C18H29NO2. The lowest BCUT2D eigenvalue weighted by Crippen LogP contribution is -2.36. The third-order valence-electron chi connectivity index (χ3n) is 4.61. The normalized spacial score (nSPS) is 17.8. The molecule has 1 aliphatic carbocycles. The summed E-state index contributed by atoms with van der Waals surface area (Å²) >= 11 is 0. The van der Waals surface area contributed by atoms with Crippen molar-refractivity contribution >= 4 is 0 Å². The highest BCUT2D eigenvalue weighted by Crippen LogP contribution is 2.51. The average molecular weight is 291 g/mol. The van der Waals surface area contributed by atoms with Crippen LogP contribution in [0.5, 0.6) is 5.75 Å². The highest BCUT2D eigenvalue weighted by atomic mass is 16.5. The van der Waals surface area contributed by atoms with Gasteiger partial charge in [-0.1, -0.05) is 19.9 Å². The lowest BCUT2D eigenvalue weighted by molar-refractivity contribution is 0.104. The second-order valence-electron chi connectivity index (χ2n) is 6.94. The molecule has 0 radical (unpaired) electrons. The number of rotatable bonds is 8.